The highest BCUT2D eigenvalue weighted by atomic mass is 28.4. The second-order valence-corrected chi connectivity index (χ2v) is 18.4. The third-order valence-corrected chi connectivity index (χ3v) is 11.0. The minimum atomic E-state index is -1.54. The molecule has 0 aromatic rings. The smallest absolute Gasteiger partial charge is 0.307 e. The Morgan fingerprint density at radius 1 is 0.870 bits per heavy atom. The highest BCUT2D eigenvalue weighted by Gasteiger charge is 2.37. The minimum Gasteiger partial charge on any atom is -0.429 e. The lowest BCUT2D eigenvalue weighted by molar-refractivity contribution is -0.137. The van der Waals surface area contributed by atoms with E-state index in [0.717, 1.165) is 44.3 Å². The van der Waals surface area contributed by atoms with Crippen LogP contribution in [0.1, 0.15) is 59.3 Å². The Morgan fingerprint density at radius 2 is 1.30 bits per heavy atom. The molecule has 0 aliphatic carbocycles. The van der Waals surface area contributed by atoms with Crippen LogP contribution >= 0.6 is 0 Å². The summed E-state index contributed by atoms with van der Waals surface area (Å²) in [6.45, 7) is 20.4. The van der Waals surface area contributed by atoms with Crippen LogP contribution in [0.2, 0.25) is 39.3 Å². The lowest BCUT2D eigenvalue weighted by atomic mass is 10.1. The van der Waals surface area contributed by atoms with E-state index < -0.39 is 16.5 Å². The minimum absolute atomic E-state index is 0.184. The first-order chi connectivity index (χ1) is 10.4. The van der Waals surface area contributed by atoms with E-state index in [9.17, 15) is 4.79 Å². The van der Waals surface area contributed by atoms with E-state index in [0.29, 0.717) is 0 Å². The van der Waals surface area contributed by atoms with Crippen molar-refractivity contribution < 1.29 is 9.53 Å². The normalized spacial score (nSPS) is 13.6. The van der Waals surface area contributed by atoms with Crippen molar-refractivity contribution in [1.82, 2.24) is 4.23 Å². The van der Waals surface area contributed by atoms with Gasteiger partial charge in [0.2, 0.25) is 0 Å². The van der Waals surface area contributed by atoms with Gasteiger partial charge in [-0.3, -0.25) is 4.79 Å². The van der Waals surface area contributed by atoms with Gasteiger partial charge in [0.1, 0.15) is 22.2 Å². The molecule has 0 radical (unpaired) electrons. The van der Waals surface area contributed by atoms with Gasteiger partial charge in [-0.2, -0.15) is 0 Å². The van der Waals surface area contributed by atoms with Crippen LogP contribution in [0.25, 0.3) is 0 Å². The monoisotopic (exact) mass is 357 g/mol. The molecule has 136 valence electrons. The molecule has 0 aromatic heterocycles. The van der Waals surface area contributed by atoms with E-state index in [1.807, 2.05) is 0 Å². The second-order valence-electron chi connectivity index (χ2n) is 8.35. The fourth-order valence-corrected chi connectivity index (χ4v) is 13.4. The van der Waals surface area contributed by atoms with E-state index in [2.05, 4.69) is 57.4 Å². The van der Waals surface area contributed by atoms with Gasteiger partial charge < -0.3 is 8.97 Å². The largest absolute Gasteiger partial charge is 0.429 e. The third kappa shape index (κ3) is 8.20. The van der Waals surface area contributed by atoms with Crippen molar-refractivity contribution in [2.24, 2.45) is 0 Å². The zero-order valence-electron chi connectivity index (χ0n) is 17.0. The van der Waals surface area contributed by atoms with Gasteiger partial charge in [-0.15, -0.1) is 0 Å². The molecule has 0 aromatic carbocycles. The predicted molar refractivity (Wildman–Crippen MR) is 106 cm³/mol. The molecule has 0 amide bonds. The first-order valence-electron chi connectivity index (χ1n) is 9.15. The number of esters is 1. The maximum atomic E-state index is 11.7. The SMILES string of the molecule is CCCC/C(OC(C)=O)=C(\CCCC)N([Si](C)(C)C)[Si](C)(C)C. The molecule has 0 saturated carbocycles. The van der Waals surface area contributed by atoms with E-state index in [1.54, 1.807) is 0 Å². The van der Waals surface area contributed by atoms with Gasteiger partial charge in [0.25, 0.3) is 0 Å². The Hall–Kier alpha value is -0.556. The van der Waals surface area contributed by atoms with Crippen molar-refractivity contribution in [2.45, 2.75) is 98.6 Å². The lowest BCUT2D eigenvalue weighted by Gasteiger charge is -2.48. The van der Waals surface area contributed by atoms with Crippen LogP contribution in [0, 0.1) is 0 Å². The molecule has 5 heteroatoms. The fourth-order valence-electron chi connectivity index (χ4n) is 3.30. The summed E-state index contributed by atoms with van der Waals surface area (Å²) in [5, 5.41) is 0. The van der Waals surface area contributed by atoms with Crippen molar-refractivity contribution in [1.29, 1.82) is 0 Å². The molecule has 0 spiro atoms. The second kappa shape index (κ2) is 9.67. The van der Waals surface area contributed by atoms with Crippen LogP contribution in [0.5, 0.6) is 0 Å². The number of unbranched alkanes of at least 4 members (excludes halogenated alkanes) is 2. The van der Waals surface area contributed by atoms with Crippen molar-refractivity contribution in [3.8, 4) is 0 Å². The Balaban J connectivity index is 6.05. The van der Waals surface area contributed by atoms with Crippen molar-refractivity contribution >= 4 is 22.4 Å². The summed E-state index contributed by atoms with van der Waals surface area (Å²) in [5.41, 5.74) is 1.33. The first-order valence-corrected chi connectivity index (χ1v) is 16.0. The molecule has 0 aliphatic heterocycles. The molecule has 3 nitrogen and oxygen atoms in total. The molecular weight excluding hydrogens is 318 g/mol. The molecule has 23 heavy (non-hydrogen) atoms. The number of nitrogens with zero attached hydrogens (tertiary/aromatic N) is 1. The summed E-state index contributed by atoms with van der Waals surface area (Å²) in [6.07, 6.45) is 6.40. The molecule has 0 saturated heterocycles. The zero-order valence-corrected chi connectivity index (χ0v) is 19.0. The summed E-state index contributed by atoms with van der Waals surface area (Å²) in [4.78, 5) is 11.7. The molecule has 0 N–H and O–H groups in total. The summed E-state index contributed by atoms with van der Waals surface area (Å²) in [6, 6.07) is 0. The number of hydrogen-bond donors (Lipinski definition) is 0. The average molecular weight is 358 g/mol. The van der Waals surface area contributed by atoms with Crippen LogP contribution in [0.3, 0.4) is 0 Å². The maximum absolute atomic E-state index is 11.7. The van der Waals surface area contributed by atoms with Crippen molar-refractivity contribution in [3.05, 3.63) is 11.5 Å². The fraction of sp³-hybridized carbons (Fsp3) is 0.833. The van der Waals surface area contributed by atoms with Gasteiger partial charge in [0, 0.05) is 19.0 Å². The first kappa shape index (κ1) is 22.4. The molecule has 0 unspecified atom stereocenters. The topological polar surface area (TPSA) is 29.5 Å². The number of carbonyl (C=O) groups excluding carboxylic acids is 1. The third-order valence-electron chi connectivity index (χ3n) is 3.72. The Morgan fingerprint density at radius 3 is 1.65 bits per heavy atom. The van der Waals surface area contributed by atoms with Gasteiger partial charge in [-0.1, -0.05) is 66.0 Å². The van der Waals surface area contributed by atoms with Crippen LogP contribution in [-0.4, -0.2) is 26.7 Å². The highest BCUT2D eigenvalue weighted by molar-refractivity contribution is 6.90. The summed E-state index contributed by atoms with van der Waals surface area (Å²) in [5.74, 6) is 0.758. The average Bonchev–Trinajstić information content (AvgIpc) is 2.35. The Bertz CT molecular complexity index is 392. The van der Waals surface area contributed by atoms with Gasteiger partial charge in [0.15, 0.2) is 0 Å². The van der Waals surface area contributed by atoms with E-state index >= 15 is 0 Å². The number of hydrogen-bond acceptors (Lipinski definition) is 3. The van der Waals surface area contributed by atoms with E-state index in [1.165, 1.54) is 12.6 Å². The molecule has 0 fully saturated rings. The molecule has 0 bridgehead atoms. The van der Waals surface area contributed by atoms with Gasteiger partial charge in [0.05, 0.1) is 0 Å². The molecular formula is C18H39NO2Si2. The highest BCUT2D eigenvalue weighted by Crippen LogP contribution is 2.32. The standard InChI is InChI=1S/C18H39NO2Si2/c1-10-12-14-17(18(15-13-11-2)21-16(3)20)19(22(4,5)6)23(7,8)9/h10-15H2,1-9H3/b18-17-. The number of allylic oxidation sites excluding steroid dienone is 2. The number of carbonyl (C=O) groups is 1. The lowest BCUT2D eigenvalue weighted by Crippen LogP contribution is -2.58. The van der Waals surface area contributed by atoms with Gasteiger partial charge in [-0.25, -0.2) is 0 Å². The summed E-state index contributed by atoms with van der Waals surface area (Å²) < 4.78 is 8.45. The quantitative estimate of drug-likeness (QED) is 0.268. The van der Waals surface area contributed by atoms with Gasteiger partial charge in [-0.05, 0) is 19.3 Å². The van der Waals surface area contributed by atoms with Crippen molar-refractivity contribution in [2.75, 3.05) is 0 Å². The number of ether oxygens (including phenoxy) is 1. The molecule has 0 rings (SSSR count). The molecule has 0 heterocycles. The Kier molecular flexibility index (Phi) is 9.44. The van der Waals surface area contributed by atoms with Crippen LogP contribution in [-0.2, 0) is 9.53 Å². The summed E-state index contributed by atoms with van der Waals surface area (Å²) >= 11 is 0. The molecule has 0 atom stereocenters. The van der Waals surface area contributed by atoms with Crippen molar-refractivity contribution in [3.63, 3.8) is 0 Å². The Labute approximate surface area is 146 Å². The molecule has 0 aliphatic rings. The van der Waals surface area contributed by atoms with E-state index in [-0.39, 0.29) is 5.97 Å². The predicted octanol–water partition coefficient (Wildman–Crippen LogP) is 6.11. The van der Waals surface area contributed by atoms with E-state index in [4.69, 9.17) is 4.74 Å². The summed E-state index contributed by atoms with van der Waals surface area (Å²) in [7, 11) is -3.08. The number of rotatable bonds is 10. The zero-order chi connectivity index (χ0) is 18.3. The van der Waals surface area contributed by atoms with Crippen LogP contribution in [0.4, 0.5) is 0 Å². The van der Waals surface area contributed by atoms with Crippen LogP contribution in [0.15, 0.2) is 11.5 Å². The van der Waals surface area contributed by atoms with Gasteiger partial charge >= 0.3 is 5.97 Å². The maximum Gasteiger partial charge on any atom is 0.307 e. The van der Waals surface area contributed by atoms with Crippen LogP contribution < -0.4 is 0 Å².